The van der Waals surface area contributed by atoms with Gasteiger partial charge in [-0.1, -0.05) is 24.3 Å². The van der Waals surface area contributed by atoms with Crippen molar-refractivity contribution in [3.05, 3.63) is 41.0 Å². The van der Waals surface area contributed by atoms with Gasteiger partial charge in [0.25, 0.3) is 0 Å². The Morgan fingerprint density at radius 1 is 1.25 bits per heavy atom. The maximum absolute atomic E-state index is 5.72. The minimum absolute atomic E-state index is 0.633. The molecule has 16 heavy (non-hydrogen) atoms. The summed E-state index contributed by atoms with van der Waals surface area (Å²) in [5, 5.41) is 0. The van der Waals surface area contributed by atoms with E-state index in [1.807, 2.05) is 19.1 Å². The van der Waals surface area contributed by atoms with Crippen molar-refractivity contribution >= 4 is 0 Å². The van der Waals surface area contributed by atoms with Crippen LogP contribution in [0.4, 0.5) is 0 Å². The van der Waals surface area contributed by atoms with E-state index in [4.69, 9.17) is 10.5 Å². The largest absolute Gasteiger partial charge is 0.489 e. The molecular formula is C14H21NO. The number of nitrogens with two attached hydrogens (primary N) is 1. The van der Waals surface area contributed by atoms with Crippen LogP contribution in [0.5, 0.6) is 5.75 Å². The molecule has 0 fully saturated rings. The van der Waals surface area contributed by atoms with Crippen molar-refractivity contribution in [3.8, 4) is 5.75 Å². The van der Waals surface area contributed by atoms with Crippen LogP contribution in [-0.2, 0) is 6.42 Å². The van der Waals surface area contributed by atoms with Crippen molar-refractivity contribution in [1.29, 1.82) is 0 Å². The third-order valence-electron chi connectivity index (χ3n) is 2.51. The van der Waals surface area contributed by atoms with Crippen LogP contribution in [0.2, 0.25) is 0 Å². The molecule has 0 spiro atoms. The highest BCUT2D eigenvalue weighted by atomic mass is 16.5. The van der Waals surface area contributed by atoms with Gasteiger partial charge >= 0.3 is 0 Å². The lowest BCUT2D eigenvalue weighted by Gasteiger charge is -2.12. The summed E-state index contributed by atoms with van der Waals surface area (Å²) in [7, 11) is 0. The Hall–Kier alpha value is -1.28. The van der Waals surface area contributed by atoms with Crippen molar-refractivity contribution < 1.29 is 4.74 Å². The number of hydrogen-bond donors (Lipinski definition) is 1. The first-order valence-electron chi connectivity index (χ1n) is 5.73. The molecule has 0 heterocycles. The first kappa shape index (κ1) is 12.8. The highest BCUT2D eigenvalue weighted by Gasteiger charge is 2.05. The van der Waals surface area contributed by atoms with Gasteiger partial charge in [-0.2, -0.15) is 0 Å². The van der Waals surface area contributed by atoms with Gasteiger partial charge in [-0.25, -0.2) is 0 Å². The zero-order valence-electron chi connectivity index (χ0n) is 10.4. The Kier molecular flexibility index (Phi) is 5.06. The topological polar surface area (TPSA) is 35.2 Å². The summed E-state index contributed by atoms with van der Waals surface area (Å²) in [6, 6.07) is 4.32. The lowest BCUT2D eigenvalue weighted by Crippen LogP contribution is -2.04. The Bertz CT molecular complexity index is 346. The van der Waals surface area contributed by atoms with Crippen molar-refractivity contribution in [3.63, 3.8) is 0 Å². The predicted octanol–water partition coefficient (Wildman–Crippen LogP) is 2.76. The summed E-state index contributed by atoms with van der Waals surface area (Å²) in [4.78, 5) is 0. The van der Waals surface area contributed by atoms with Gasteiger partial charge in [0.05, 0.1) is 0 Å². The van der Waals surface area contributed by atoms with Crippen molar-refractivity contribution in [2.75, 3.05) is 13.2 Å². The number of aryl methyl sites for hydroxylation is 2. The quantitative estimate of drug-likeness (QED) is 0.773. The van der Waals surface area contributed by atoms with E-state index >= 15 is 0 Å². The minimum atomic E-state index is 0.633. The molecule has 2 nitrogen and oxygen atoms in total. The molecule has 0 aliphatic rings. The first-order chi connectivity index (χ1) is 7.69. The molecule has 0 saturated heterocycles. The minimum Gasteiger partial charge on any atom is -0.489 e. The van der Waals surface area contributed by atoms with Crippen molar-refractivity contribution in [2.24, 2.45) is 5.73 Å². The highest BCUT2D eigenvalue weighted by Crippen LogP contribution is 2.24. The Morgan fingerprint density at radius 3 is 2.38 bits per heavy atom. The molecule has 0 unspecified atom stereocenters. The smallest absolute Gasteiger partial charge is 0.125 e. The standard InChI is InChI=1S/C14H21NO/c1-4-5-8-16-14-11(2)9-13(6-7-15)10-12(14)3/h4-5,9-10H,6-8,15H2,1-3H3/b5-4+. The SMILES string of the molecule is C/C=C/COc1c(C)cc(CCN)cc1C. The van der Waals surface area contributed by atoms with Gasteiger partial charge in [-0.15, -0.1) is 0 Å². The maximum atomic E-state index is 5.72. The van der Waals surface area contributed by atoms with Gasteiger partial charge in [-0.3, -0.25) is 0 Å². The molecule has 0 radical (unpaired) electrons. The zero-order chi connectivity index (χ0) is 12.0. The molecule has 0 atom stereocenters. The van der Waals surface area contributed by atoms with E-state index in [0.29, 0.717) is 13.2 Å². The fraction of sp³-hybridized carbons (Fsp3) is 0.429. The molecule has 0 aliphatic heterocycles. The van der Waals surface area contributed by atoms with Gasteiger partial charge in [0.1, 0.15) is 12.4 Å². The molecule has 1 aromatic rings. The van der Waals surface area contributed by atoms with E-state index in [9.17, 15) is 0 Å². The third kappa shape index (κ3) is 3.38. The molecule has 0 aliphatic carbocycles. The van der Waals surface area contributed by atoms with Crippen LogP contribution in [0, 0.1) is 13.8 Å². The molecule has 1 rings (SSSR count). The molecule has 0 saturated carbocycles. The van der Waals surface area contributed by atoms with Crippen molar-refractivity contribution in [2.45, 2.75) is 27.2 Å². The summed E-state index contributed by atoms with van der Waals surface area (Å²) < 4.78 is 5.72. The van der Waals surface area contributed by atoms with E-state index in [2.05, 4.69) is 26.0 Å². The van der Waals surface area contributed by atoms with Crippen LogP contribution in [0.1, 0.15) is 23.6 Å². The van der Waals surface area contributed by atoms with Crippen LogP contribution in [0.3, 0.4) is 0 Å². The monoisotopic (exact) mass is 219 g/mol. The average Bonchev–Trinajstić information content (AvgIpc) is 2.23. The van der Waals surface area contributed by atoms with Crippen LogP contribution in [-0.4, -0.2) is 13.2 Å². The van der Waals surface area contributed by atoms with Crippen LogP contribution in [0.15, 0.2) is 24.3 Å². The molecule has 0 amide bonds. The number of rotatable bonds is 5. The van der Waals surface area contributed by atoms with E-state index < -0.39 is 0 Å². The molecule has 2 N–H and O–H groups in total. The highest BCUT2D eigenvalue weighted by molar-refractivity contribution is 5.43. The fourth-order valence-electron chi connectivity index (χ4n) is 1.81. The molecule has 88 valence electrons. The van der Waals surface area contributed by atoms with Gasteiger partial charge in [0.2, 0.25) is 0 Å². The fourth-order valence-corrected chi connectivity index (χ4v) is 1.81. The van der Waals surface area contributed by atoms with Gasteiger partial charge in [0.15, 0.2) is 0 Å². The second-order valence-electron chi connectivity index (χ2n) is 3.98. The van der Waals surface area contributed by atoms with Crippen LogP contribution >= 0.6 is 0 Å². The molecule has 1 aromatic carbocycles. The lowest BCUT2D eigenvalue weighted by atomic mass is 10.0. The second kappa shape index (κ2) is 6.33. The molecule has 2 heteroatoms. The second-order valence-corrected chi connectivity index (χ2v) is 3.98. The average molecular weight is 219 g/mol. The summed E-state index contributed by atoms with van der Waals surface area (Å²) >= 11 is 0. The summed E-state index contributed by atoms with van der Waals surface area (Å²) in [6.07, 6.45) is 4.93. The van der Waals surface area contributed by atoms with Gasteiger partial charge < -0.3 is 10.5 Å². The van der Waals surface area contributed by atoms with Crippen LogP contribution in [0.25, 0.3) is 0 Å². The number of allylic oxidation sites excluding steroid dienone is 1. The summed E-state index contributed by atoms with van der Waals surface area (Å²) in [5.41, 5.74) is 9.22. The van der Waals surface area contributed by atoms with E-state index in [1.54, 1.807) is 0 Å². The third-order valence-corrected chi connectivity index (χ3v) is 2.51. The first-order valence-corrected chi connectivity index (χ1v) is 5.73. The molecule has 0 aromatic heterocycles. The van der Waals surface area contributed by atoms with Gasteiger partial charge in [0, 0.05) is 0 Å². The maximum Gasteiger partial charge on any atom is 0.125 e. The number of hydrogen-bond acceptors (Lipinski definition) is 2. The Morgan fingerprint density at radius 2 is 1.88 bits per heavy atom. The summed E-state index contributed by atoms with van der Waals surface area (Å²) in [5.74, 6) is 0.999. The predicted molar refractivity (Wildman–Crippen MR) is 69.0 cm³/mol. The molecule has 0 bridgehead atoms. The normalized spacial score (nSPS) is 11.0. The summed E-state index contributed by atoms with van der Waals surface area (Å²) in [6.45, 7) is 7.48. The lowest BCUT2D eigenvalue weighted by molar-refractivity contribution is 0.357. The Balaban J connectivity index is 2.84. The number of benzene rings is 1. The van der Waals surface area contributed by atoms with E-state index in [0.717, 1.165) is 12.2 Å². The molecular weight excluding hydrogens is 198 g/mol. The van der Waals surface area contributed by atoms with Crippen LogP contribution < -0.4 is 10.5 Å². The van der Waals surface area contributed by atoms with Gasteiger partial charge in [-0.05, 0) is 50.4 Å². The van der Waals surface area contributed by atoms with E-state index in [-0.39, 0.29) is 0 Å². The van der Waals surface area contributed by atoms with E-state index in [1.165, 1.54) is 16.7 Å². The Labute approximate surface area is 98.1 Å². The zero-order valence-corrected chi connectivity index (χ0v) is 10.4. The van der Waals surface area contributed by atoms with Crippen molar-refractivity contribution in [1.82, 2.24) is 0 Å². The number of ether oxygens (including phenoxy) is 1.